The summed E-state index contributed by atoms with van der Waals surface area (Å²) >= 11 is 3.81. The van der Waals surface area contributed by atoms with Crippen molar-refractivity contribution in [3.8, 4) is 0 Å². The van der Waals surface area contributed by atoms with Gasteiger partial charge in [0.15, 0.2) is 0 Å². The third kappa shape index (κ3) is 2.63. The minimum absolute atomic E-state index is 0.748. The van der Waals surface area contributed by atoms with E-state index < -0.39 is 0 Å². The van der Waals surface area contributed by atoms with E-state index in [4.69, 9.17) is 0 Å². The Morgan fingerprint density at radius 2 is 2.07 bits per heavy atom. The number of aryl methyl sites for hydroxylation is 2. The molecule has 1 saturated carbocycles. The standard InChI is InChI=1S/C14H19Br/c1-10-6-7-11(2)13(8-10)9-12-4-3-5-14(12)15/h6-8,12,14H,3-5,9H2,1-2H3. The summed E-state index contributed by atoms with van der Waals surface area (Å²) in [5, 5.41) is 0. The summed E-state index contributed by atoms with van der Waals surface area (Å²) in [5.41, 5.74) is 4.39. The molecular formula is C14H19Br. The molecule has 0 aromatic heterocycles. The predicted octanol–water partition coefficient (Wildman–Crippen LogP) is 4.41. The van der Waals surface area contributed by atoms with Gasteiger partial charge in [-0.25, -0.2) is 0 Å². The van der Waals surface area contributed by atoms with Crippen LogP contribution in [0.2, 0.25) is 0 Å². The Morgan fingerprint density at radius 3 is 2.73 bits per heavy atom. The first-order valence-corrected chi connectivity index (χ1v) is 6.78. The summed E-state index contributed by atoms with van der Waals surface area (Å²) in [6, 6.07) is 6.81. The lowest BCUT2D eigenvalue weighted by Gasteiger charge is -2.15. The van der Waals surface area contributed by atoms with Gasteiger partial charge in [-0.15, -0.1) is 0 Å². The molecule has 1 aromatic carbocycles. The Hall–Kier alpha value is -0.300. The van der Waals surface area contributed by atoms with Gasteiger partial charge >= 0.3 is 0 Å². The average Bonchev–Trinajstić information content (AvgIpc) is 2.58. The summed E-state index contributed by atoms with van der Waals surface area (Å²) in [6.45, 7) is 4.41. The Balaban J connectivity index is 2.12. The van der Waals surface area contributed by atoms with E-state index in [0.717, 1.165) is 10.7 Å². The maximum Gasteiger partial charge on any atom is 0.0177 e. The molecule has 1 aliphatic carbocycles. The fourth-order valence-corrected chi connectivity index (χ4v) is 3.30. The highest BCUT2D eigenvalue weighted by Gasteiger charge is 2.25. The van der Waals surface area contributed by atoms with Gasteiger partial charge in [-0.3, -0.25) is 0 Å². The third-order valence-corrected chi connectivity index (χ3v) is 4.76. The summed E-state index contributed by atoms with van der Waals surface area (Å²) < 4.78 is 0. The van der Waals surface area contributed by atoms with Gasteiger partial charge in [0.25, 0.3) is 0 Å². The molecule has 82 valence electrons. The van der Waals surface area contributed by atoms with E-state index >= 15 is 0 Å². The van der Waals surface area contributed by atoms with Crippen LogP contribution >= 0.6 is 15.9 Å². The average molecular weight is 267 g/mol. The smallest absolute Gasteiger partial charge is 0.0177 e. The van der Waals surface area contributed by atoms with Crippen molar-refractivity contribution in [1.82, 2.24) is 0 Å². The van der Waals surface area contributed by atoms with Crippen LogP contribution in [0.15, 0.2) is 18.2 Å². The molecule has 2 rings (SSSR count). The van der Waals surface area contributed by atoms with Gasteiger partial charge in [0.05, 0.1) is 0 Å². The molecule has 0 aliphatic heterocycles. The van der Waals surface area contributed by atoms with Gasteiger partial charge in [0.1, 0.15) is 0 Å². The predicted molar refractivity (Wildman–Crippen MR) is 69.7 cm³/mol. The lowest BCUT2D eigenvalue weighted by Crippen LogP contribution is -2.10. The van der Waals surface area contributed by atoms with Gasteiger partial charge in [0.2, 0.25) is 0 Å². The third-order valence-electron chi connectivity index (χ3n) is 3.55. The maximum atomic E-state index is 3.81. The van der Waals surface area contributed by atoms with Crippen molar-refractivity contribution in [2.24, 2.45) is 5.92 Å². The molecule has 2 unspecified atom stereocenters. The molecule has 1 heteroatoms. The minimum Gasteiger partial charge on any atom is -0.0888 e. The molecule has 1 fully saturated rings. The molecule has 0 amide bonds. The van der Waals surface area contributed by atoms with Crippen LogP contribution < -0.4 is 0 Å². The second kappa shape index (κ2) is 4.69. The molecule has 0 nitrogen and oxygen atoms in total. The first-order valence-electron chi connectivity index (χ1n) is 5.87. The van der Waals surface area contributed by atoms with Crippen molar-refractivity contribution in [3.63, 3.8) is 0 Å². The van der Waals surface area contributed by atoms with E-state index in [1.54, 1.807) is 5.56 Å². The van der Waals surface area contributed by atoms with Crippen molar-refractivity contribution < 1.29 is 0 Å². The lowest BCUT2D eigenvalue weighted by molar-refractivity contribution is 0.561. The molecule has 2 atom stereocenters. The van der Waals surface area contributed by atoms with Gasteiger partial charge in [0, 0.05) is 4.83 Å². The molecule has 0 bridgehead atoms. The second-order valence-corrected chi connectivity index (χ2v) is 6.02. The van der Waals surface area contributed by atoms with Gasteiger partial charge < -0.3 is 0 Å². The molecule has 15 heavy (non-hydrogen) atoms. The summed E-state index contributed by atoms with van der Waals surface area (Å²) in [6.07, 6.45) is 5.40. The quantitative estimate of drug-likeness (QED) is 0.696. The number of benzene rings is 1. The first kappa shape index (κ1) is 11.2. The highest BCUT2D eigenvalue weighted by Crippen LogP contribution is 2.34. The summed E-state index contributed by atoms with van der Waals surface area (Å²) in [5.74, 6) is 0.852. The number of alkyl halides is 1. The molecule has 0 spiro atoms. The van der Waals surface area contributed by atoms with Crippen molar-refractivity contribution in [2.75, 3.05) is 0 Å². The largest absolute Gasteiger partial charge is 0.0888 e. The maximum absolute atomic E-state index is 3.81. The van der Waals surface area contributed by atoms with E-state index in [0.29, 0.717) is 0 Å². The lowest BCUT2D eigenvalue weighted by atomic mass is 9.94. The number of rotatable bonds is 2. The molecule has 1 aromatic rings. The Kier molecular flexibility index (Phi) is 3.50. The normalized spacial score (nSPS) is 25.8. The molecule has 0 heterocycles. The van der Waals surface area contributed by atoms with Crippen LogP contribution in [0.5, 0.6) is 0 Å². The number of halogens is 1. The molecule has 0 saturated heterocycles. The van der Waals surface area contributed by atoms with Crippen LogP contribution in [-0.4, -0.2) is 4.83 Å². The van der Waals surface area contributed by atoms with E-state index in [2.05, 4.69) is 48.0 Å². The van der Waals surface area contributed by atoms with Crippen LogP contribution in [0.1, 0.15) is 36.0 Å². The van der Waals surface area contributed by atoms with Crippen molar-refractivity contribution in [3.05, 3.63) is 34.9 Å². The first-order chi connectivity index (χ1) is 7.16. The zero-order valence-electron chi connectivity index (χ0n) is 9.59. The molecular weight excluding hydrogens is 248 g/mol. The van der Waals surface area contributed by atoms with Gasteiger partial charge in [-0.05, 0) is 50.2 Å². The van der Waals surface area contributed by atoms with Crippen molar-refractivity contribution in [1.29, 1.82) is 0 Å². The second-order valence-electron chi connectivity index (χ2n) is 4.84. The van der Waals surface area contributed by atoms with Crippen LogP contribution in [0.25, 0.3) is 0 Å². The van der Waals surface area contributed by atoms with Gasteiger partial charge in [-0.1, -0.05) is 46.1 Å². The number of hydrogen-bond acceptors (Lipinski definition) is 0. The Labute approximate surface area is 101 Å². The van der Waals surface area contributed by atoms with E-state index in [1.165, 1.54) is 36.8 Å². The van der Waals surface area contributed by atoms with E-state index in [-0.39, 0.29) is 0 Å². The van der Waals surface area contributed by atoms with Crippen LogP contribution in [-0.2, 0) is 6.42 Å². The summed E-state index contributed by atoms with van der Waals surface area (Å²) in [7, 11) is 0. The fraction of sp³-hybridized carbons (Fsp3) is 0.571. The van der Waals surface area contributed by atoms with Gasteiger partial charge in [-0.2, -0.15) is 0 Å². The molecule has 0 N–H and O–H groups in total. The topological polar surface area (TPSA) is 0 Å². The zero-order chi connectivity index (χ0) is 10.8. The minimum atomic E-state index is 0.748. The highest BCUT2D eigenvalue weighted by atomic mass is 79.9. The fourth-order valence-electron chi connectivity index (χ4n) is 2.52. The van der Waals surface area contributed by atoms with Crippen LogP contribution in [0.3, 0.4) is 0 Å². The van der Waals surface area contributed by atoms with Crippen LogP contribution in [0.4, 0.5) is 0 Å². The van der Waals surface area contributed by atoms with E-state index in [1.807, 2.05) is 0 Å². The Bertz CT molecular complexity index is 343. The molecule has 1 aliphatic rings. The zero-order valence-corrected chi connectivity index (χ0v) is 11.2. The highest BCUT2D eigenvalue weighted by molar-refractivity contribution is 9.09. The van der Waals surface area contributed by atoms with Crippen molar-refractivity contribution in [2.45, 2.75) is 44.4 Å². The monoisotopic (exact) mass is 266 g/mol. The number of hydrogen-bond donors (Lipinski definition) is 0. The van der Waals surface area contributed by atoms with Crippen molar-refractivity contribution >= 4 is 15.9 Å². The summed E-state index contributed by atoms with van der Waals surface area (Å²) in [4.78, 5) is 0.748. The van der Waals surface area contributed by atoms with Crippen LogP contribution in [0, 0.1) is 19.8 Å². The molecule has 0 radical (unpaired) electrons. The van der Waals surface area contributed by atoms with E-state index in [9.17, 15) is 0 Å². The Morgan fingerprint density at radius 1 is 1.27 bits per heavy atom. The SMILES string of the molecule is Cc1ccc(C)c(CC2CCCC2Br)c1.